The lowest BCUT2D eigenvalue weighted by Gasteiger charge is -2.24. The molecular formula is C21H24ClN3O2. The summed E-state index contributed by atoms with van der Waals surface area (Å²) in [6, 6.07) is 15.2. The van der Waals surface area contributed by atoms with E-state index in [1.165, 1.54) is 0 Å². The molecule has 0 saturated carbocycles. The van der Waals surface area contributed by atoms with E-state index in [2.05, 4.69) is 10.3 Å². The van der Waals surface area contributed by atoms with Crippen LogP contribution in [0, 0.1) is 0 Å². The van der Waals surface area contributed by atoms with E-state index in [9.17, 15) is 9.59 Å². The van der Waals surface area contributed by atoms with E-state index in [0.717, 1.165) is 16.6 Å². The van der Waals surface area contributed by atoms with E-state index in [-0.39, 0.29) is 17.0 Å². The largest absolute Gasteiger partial charge is 0.356 e. The third kappa shape index (κ3) is 4.61. The molecule has 3 rings (SSSR count). The second-order valence-corrected chi connectivity index (χ2v) is 7.81. The van der Waals surface area contributed by atoms with Gasteiger partial charge in [-0.3, -0.25) is 9.36 Å². The van der Waals surface area contributed by atoms with Crippen LogP contribution in [-0.4, -0.2) is 22.0 Å². The Morgan fingerprint density at radius 2 is 1.85 bits per heavy atom. The summed E-state index contributed by atoms with van der Waals surface area (Å²) >= 11 is 5.94. The molecule has 0 aliphatic heterocycles. The van der Waals surface area contributed by atoms with Crippen molar-refractivity contribution in [2.75, 3.05) is 6.54 Å². The lowest BCUT2D eigenvalue weighted by molar-refractivity contribution is -0.122. The van der Waals surface area contributed by atoms with Gasteiger partial charge in [-0.2, -0.15) is 0 Å². The number of halogens is 1. The number of aromatic amines is 1. The van der Waals surface area contributed by atoms with Crippen molar-refractivity contribution >= 4 is 28.5 Å². The predicted octanol–water partition coefficient (Wildman–Crippen LogP) is 3.86. The summed E-state index contributed by atoms with van der Waals surface area (Å²) < 4.78 is 1.71. The molecular weight excluding hydrogens is 362 g/mol. The number of hydrogen-bond acceptors (Lipinski definition) is 2. The molecule has 2 aromatic carbocycles. The molecule has 0 saturated heterocycles. The van der Waals surface area contributed by atoms with Crippen LogP contribution < -0.4 is 11.0 Å². The molecule has 1 aromatic heterocycles. The number of hydrogen-bond donors (Lipinski definition) is 2. The van der Waals surface area contributed by atoms with Crippen LogP contribution >= 0.6 is 11.6 Å². The number of carbonyl (C=O) groups is 1. The molecule has 142 valence electrons. The Bertz CT molecular complexity index is 987. The highest BCUT2D eigenvalue weighted by Crippen LogP contribution is 2.27. The molecule has 27 heavy (non-hydrogen) atoms. The highest BCUT2D eigenvalue weighted by molar-refractivity contribution is 6.30. The SMILES string of the molecule is CC(C)(CC(=O)NCCCn1c(=O)[nH]c2ccccc21)c1ccc(Cl)cc1. The Kier molecular flexibility index (Phi) is 5.71. The first-order valence-corrected chi connectivity index (χ1v) is 9.45. The summed E-state index contributed by atoms with van der Waals surface area (Å²) in [4.78, 5) is 27.2. The number of carbonyl (C=O) groups excluding carboxylic acids is 1. The molecule has 2 N–H and O–H groups in total. The predicted molar refractivity (Wildman–Crippen MR) is 109 cm³/mol. The molecule has 3 aromatic rings. The van der Waals surface area contributed by atoms with E-state index >= 15 is 0 Å². The van der Waals surface area contributed by atoms with E-state index in [4.69, 9.17) is 11.6 Å². The number of aryl methyl sites for hydroxylation is 1. The minimum Gasteiger partial charge on any atom is -0.356 e. The van der Waals surface area contributed by atoms with Gasteiger partial charge in [-0.1, -0.05) is 49.7 Å². The van der Waals surface area contributed by atoms with E-state index in [1.54, 1.807) is 4.57 Å². The van der Waals surface area contributed by atoms with Gasteiger partial charge in [-0.05, 0) is 41.7 Å². The number of benzene rings is 2. The van der Waals surface area contributed by atoms with Crippen LogP contribution in [0.25, 0.3) is 11.0 Å². The highest BCUT2D eigenvalue weighted by Gasteiger charge is 2.24. The average Bonchev–Trinajstić information content (AvgIpc) is 2.94. The van der Waals surface area contributed by atoms with Crippen molar-refractivity contribution in [1.82, 2.24) is 14.9 Å². The molecule has 6 heteroatoms. The number of nitrogens with zero attached hydrogens (tertiary/aromatic N) is 1. The fourth-order valence-electron chi connectivity index (χ4n) is 3.26. The quantitative estimate of drug-likeness (QED) is 0.606. The Labute approximate surface area is 163 Å². The molecule has 0 atom stereocenters. The fraction of sp³-hybridized carbons (Fsp3) is 0.333. The minimum atomic E-state index is -0.275. The fourth-order valence-corrected chi connectivity index (χ4v) is 3.39. The zero-order chi connectivity index (χ0) is 19.4. The summed E-state index contributed by atoms with van der Waals surface area (Å²) in [5.41, 5.74) is 2.40. The number of imidazole rings is 1. The van der Waals surface area contributed by atoms with Gasteiger partial charge < -0.3 is 10.3 Å². The van der Waals surface area contributed by atoms with Gasteiger partial charge in [0.1, 0.15) is 0 Å². The van der Waals surface area contributed by atoms with E-state index in [0.29, 0.717) is 31.0 Å². The first-order valence-electron chi connectivity index (χ1n) is 9.07. The van der Waals surface area contributed by atoms with Gasteiger partial charge in [0.15, 0.2) is 0 Å². The summed E-state index contributed by atoms with van der Waals surface area (Å²) in [5, 5.41) is 3.65. The van der Waals surface area contributed by atoms with Crippen molar-refractivity contribution in [3.8, 4) is 0 Å². The number of aromatic nitrogens is 2. The van der Waals surface area contributed by atoms with Crippen LogP contribution in [0.1, 0.15) is 32.3 Å². The monoisotopic (exact) mass is 385 g/mol. The summed E-state index contributed by atoms with van der Waals surface area (Å²) in [7, 11) is 0. The number of amides is 1. The molecule has 0 unspecified atom stereocenters. The van der Waals surface area contributed by atoms with E-state index < -0.39 is 0 Å². The van der Waals surface area contributed by atoms with Gasteiger partial charge in [0.25, 0.3) is 0 Å². The second kappa shape index (κ2) is 8.01. The van der Waals surface area contributed by atoms with Crippen molar-refractivity contribution in [3.05, 3.63) is 69.6 Å². The number of para-hydroxylation sites is 2. The van der Waals surface area contributed by atoms with Gasteiger partial charge in [-0.25, -0.2) is 4.79 Å². The first-order chi connectivity index (χ1) is 12.9. The molecule has 0 radical (unpaired) electrons. The lowest BCUT2D eigenvalue weighted by atomic mass is 9.81. The lowest BCUT2D eigenvalue weighted by Crippen LogP contribution is -2.32. The number of nitrogens with one attached hydrogen (secondary N) is 2. The maximum atomic E-state index is 12.3. The Morgan fingerprint density at radius 1 is 1.15 bits per heavy atom. The van der Waals surface area contributed by atoms with Crippen LogP contribution in [0.5, 0.6) is 0 Å². The zero-order valence-electron chi connectivity index (χ0n) is 15.6. The van der Waals surface area contributed by atoms with Crippen LogP contribution in [-0.2, 0) is 16.8 Å². The number of H-pyrrole nitrogens is 1. The van der Waals surface area contributed by atoms with E-state index in [1.807, 2.05) is 62.4 Å². The Balaban J connectivity index is 1.51. The normalized spacial score (nSPS) is 11.7. The molecule has 0 bridgehead atoms. The molecule has 0 spiro atoms. The second-order valence-electron chi connectivity index (χ2n) is 7.37. The minimum absolute atomic E-state index is 0.00113. The van der Waals surface area contributed by atoms with Gasteiger partial charge in [0, 0.05) is 24.5 Å². The molecule has 1 amide bonds. The van der Waals surface area contributed by atoms with Gasteiger partial charge >= 0.3 is 5.69 Å². The smallest absolute Gasteiger partial charge is 0.326 e. The van der Waals surface area contributed by atoms with Crippen LogP contribution in [0.15, 0.2) is 53.3 Å². The van der Waals surface area contributed by atoms with Crippen molar-refractivity contribution in [1.29, 1.82) is 0 Å². The maximum Gasteiger partial charge on any atom is 0.326 e. The molecule has 0 aliphatic carbocycles. The third-order valence-corrected chi connectivity index (χ3v) is 5.04. The van der Waals surface area contributed by atoms with Crippen molar-refractivity contribution < 1.29 is 4.79 Å². The molecule has 0 fully saturated rings. The molecule has 0 aliphatic rings. The molecule has 1 heterocycles. The van der Waals surface area contributed by atoms with Gasteiger partial charge in [-0.15, -0.1) is 0 Å². The van der Waals surface area contributed by atoms with Crippen molar-refractivity contribution in [3.63, 3.8) is 0 Å². The van der Waals surface area contributed by atoms with Crippen LogP contribution in [0.2, 0.25) is 5.02 Å². The van der Waals surface area contributed by atoms with Gasteiger partial charge in [0.05, 0.1) is 11.0 Å². The number of fused-ring (bicyclic) bond motifs is 1. The first kappa shape index (κ1) is 19.2. The average molecular weight is 386 g/mol. The topological polar surface area (TPSA) is 66.9 Å². The van der Waals surface area contributed by atoms with Gasteiger partial charge in [0.2, 0.25) is 5.91 Å². The molecule has 5 nitrogen and oxygen atoms in total. The zero-order valence-corrected chi connectivity index (χ0v) is 16.3. The standard InChI is InChI=1S/C21H24ClN3O2/c1-21(2,15-8-10-16(22)11-9-15)14-19(26)23-12-5-13-25-18-7-4-3-6-17(18)24-20(25)27/h3-4,6-11H,5,12-14H2,1-2H3,(H,23,26)(H,24,27). The third-order valence-electron chi connectivity index (χ3n) is 4.79. The Morgan fingerprint density at radius 3 is 2.59 bits per heavy atom. The summed E-state index contributed by atoms with van der Waals surface area (Å²) in [6.45, 7) is 5.17. The Hall–Kier alpha value is -2.53. The highest BCUT2D eigenvalue weighted by atomic mass is 35.5. The van der Waals surface area contributed by atoms with Crippen LogP contribution in [0.3, 0.4) is 0 Å². The maximum absolute atomic E-state index is 12.3. The summed E-state index contributed by atoms with van der Waals surface area (Å²) in [5.74, 6) is 0.00113. The van der Waals surface area contributed by atoms with Crippen molar-refractivity contribution in [2.45, 2.75) is 38.6 Å². The number of rotatable bonds is 7. The summed E-state index contributed by atoms with van der Waals surface area (Å²) in [6.07, 6.45) is 1.08. The van der Waals surface area contributed by atoms with Crippen LogP contribution in [0.4, 0.5) is 0 Å². The van der Waals surface area contributed by atoms with Crippen molar-refractivity contribution in [2.24, 2.45) is 0 Å².